The molecule has 3 aromatic rings. The molecule has 4 nitrogen and oxygen atoms in total. The Morgan fingerprint density at radius 1 is 1.07 bits per heavy atom. The summed E-state index contributed by atoms with van der Waals surface area (Å²) < 4.78 is 7.70. The average Bonchev–Trinajstić information content (AvgIpc) is 3.28. The van der Waals surface area contributed by atoms with Gasteiger partial charge in [-0.3, -0.25) is 4.57 Å². The van der Waals surface area contributed by atoms with Gasteiger partial charge in [0.25, 0.3) is 0 Å². The lowest BCUT2D eigenvalue weighted by Crippen LogP contribution is -2.33. The zero-order valence-corrected chi connectivity index (χ0v) is 17.4. The van der Waals surface area contributed by atoms with Crippen LogP contribution in [0.2, 0.25) is 0 Å². The molecule has 5 heteroatoms. The van der Waals surface area contributed by atoms with Gasteiger partial charge in [0, 0.05) is 23.6 Å². The van der Waals surface area contributed by atoms with Crippen molar-refractivity contribution in [1.82, 2.24) is 9.55 Å². The molecule has 1 aliphatic heterocycles. The minimum absolute atomic E-state index is 0.110. The summed E-state index contributed by atoms with van der Waals surface area (Å²) in [4.78, 5) is 17.4. The molecule has 1 aromatic heterocycles. The number of hydrogen-bond acceptors (Lipinski definition) is 4. The predicted octanol–water partition coefficient (Wildman–Crippen LogP) is 4.75. The van der Waals surface area contributed by atoms with Gasteiger partial charge < -0.3 is 4.74 Å². The highest BCUT2D eigenvalue weighted by atomic mass is 32.2. The molecule has 2 aromatic carbocycles. The van der Waals surface area contributed by atoms with E-state index in [0.29, 0.717) is 6.54 Å². The van der Waals surface area contributed by atoms with Crippen LogP contribution in [-0.2, 0) is 29.9 Å². The van der Waals surface area contributed by atoms with Crippen molar-refractivity contribution in [3.05, 3.63) is 69.8 Å². The molecular weight excluding hydrogens is 380 g/mol. The van der Waals surface area contributed by atoms with Gasteiger partial charge in [-0.05, 0) is 54.9 Å². The smallest absolute Gasteiger partial charge is 0.348 e. The first-order chi connectivity index (χ1) is 14.3. The highest BCUT2D eigenvalue weighted by Gasteiger charge is 2.24. The van der Waals surface area contributed by atoms with Gasteiger partial charge in [-0.2, -0.15) is 4.98 Å². The van der Waals surface area contributed by atoms with Gasteiger partial charge in [0.2, 0.25) is 0 Å². The molecule has 1 saturated heterocycles. The van der Waals surface area contributed by atoms with Gasteiger partial charge in [-0.15, -0.1) is 11.8 Å². The molecule has 29 heavy (non-hydrogen) atoms. The van der Waals surface area contributed by atoms with Crippen LogP contribution in [0.1, 0.15) is 42.5 Å². The van der Waals surface area contributed by atoms with Crippen LogP contribution in [0.5, 0.6) is 0 Å². The molecule has 5 rings (SSSR count). The van der Waals surface area contributed by atoms with E-state index in [1.165, 1.54) is 34.0 Å². The van der Waals surface area contributed by atoms with Gasteiger partial charge in [0.1, 0.15) is 5.03 Å². The Morgan fingerprint density at radius 3 is 2.83 bits per heavy atom. The van der Waals surface area contributed by atoms with Crippen molar-refractivity contribution in [2.75, 3.05) is 6.61 Å². The van der Waals surface area contributed by atoms with E-state index in [1.807, 2.05) is 4.57 Å². The average molecular weight is 407 g/mol. The maximum atomic E-state index is 12.9. The zero-order chi connectivity index (χ0) is 19.6. The van der Waals surface area contributed by atoms with Crippen LogP contribution < -0.4 is 5.69 Å². The highest BCUT2D eigenvalue weighted by Crippen LogP contribution is 2.32. The second kappa shape index (κ2) is 8.33. The van der Waals surface area contributed by atoms with E-state index in [9.17, 15) is 4.79 Å². The number of benzene rings is 2. The Balaban J connectivity index is 1.45. The van der Waals surface area contributed by atoms with Crippen LogP contribution in [-0.4, -0.2) is 22.3 Å². The summed E-state index contributed by atoms with van der Waals surface area (Å²) in [6.45, 7) is 1.47. The van der Waals surface area contributed by atoms with Crippen LogP contribution >= 0.6 is 11.8 Å². The molecule has 2 heterocycles. The molecule has 2 aliphatic rings. The monoisotopic (exact) mass is 406 g/mol. The maximum absolute atomic E-state index is 12.9. The van der Waals surface area contributed by atoms with Crippen LogP contribution in [0.25, 0.3) is 10.8 Å². The van der Waals surface area contributed by atoms with Gasteiger partial charge in [-0.25, -0.2) is 4.79 Å². The van der Waals surface area contributed by atoms with E-state index in [2.05, 4.69) is 47.4 Å². The summed E-state index contributed by atoms with van der Waals surface area (Å²) in [6.07, 6.45) is 6.61. The molecular formula is C24H26N2O2S. The minimum Gasteiger partial charge on any atom is -0.376 e. The highest BCUT2D eigenvalue weighted by molar-refractivity contribution is 7.98. The Hall–Kier alpha value is -2.11. The van der Waals surface area contributed by atoms with Crippen molar-refractivity contribution in [2.24, 2.45) is 0 Å². The lowest BCUT2D eigenvalue weighted by atomic mass is 9.97. The van der Waals surface area contributed by atoms with E-state index < -0.39 is 0 Å². The Kier molecular flexibility index (Phi) is 5.42. The summed E-state index contributed by atoms with van der Waals surface area (Å²) in [5, 5.41) is 3.47. The molecule has 0 bridgehead atoms. The number of ether oxygens (including phenoxy) is 1. The molecule has 1 fully saturated rings. The van der Waals surface area contributed by atoms with Crippen LogP contribution in [0.15, 0.2) is 52.3 Å². The summed E-state index contributed by atoms with van der Waals surface area (Å²) in [5.41, 5.74) is 3.68. The summed E-state index contributed by atoms with van der Waals surface area (Å²) in [5.74, 6) is 0.829. The van der Waals surface area contributed by atoms with Crippen LogP contribution in [0, 0.1) is 0 Å². The van der Waals surface area contributed by atoms with Gasteiger partial charge in [0.05, 0.1) is 12.6 Å². The van der Waals surface area contributed by atoms with Gasteiger partial charge >= 0.3 is 5.69 Å². The third-order valence-electron chi connectivity index (χ3n) is 6.11. The molecule has 0 unspecified atom stereocenters. The second-order valence-electron chi connectivity index (χ2n) is 8.00. The lowest BCUT2D eigenvalue weighted by Gasteiger charge is -2.24. The van der Waals surface area contributed by atoms with Crippen molar-refractivity contribution >= 4 is 22.5 Å². The Labute approximate surface area is 175 Å². The van der Waals surface area contributed by atoms with Crippen molar-refractivity contribution in [3.8, 4) is 0 Å². The SMILES string of the molecule is O=c1nc(SCc2cccc3ccccc23)c2c(n1C[C@@H]1CCCO1)CCCC2. The first kappa shape index (κ1) is 18.9. The summed E-state index contributed by atoms with van der Waals surface area (Å²) in [7, 11) is 0. The van der Waals surface area contributed by atoms with E-state index in [0.717, 1.165) is 49.5 Å². The van der Waals surface area contributed by atoms with Crippen molar-refractivity contribution in [1.29, 1.82) is 0 Å². The topological polar surface area (TPSA) is 44.1 Å². The van der Waals surface area contributed by atoms with E-state index >= 15 is 0 Å². The van der Waals surface area contributed by atoms with Crippen molar-refractivity contribution < 1.29 is 4.74 Å². The van der Waals surface area contributed by atoms with Gasteiger partial charge in [0.15, 0.2) is 0 Å². The van der Waals surface area contributed by atoms with Crippen LogP contribution in [0.3, 0.4) is 0 Å². The van der Waals surface area contributed by atoms with E-state index in [1.54, 1.807) is 11.8 Å². The fourth-order valence-electron chi connectivity index (χ4n) is 4.61. The number of thioether (sulfide) groups is 1. The van der Waals surface area contributed by atoms with Gasteiger partial charge in [-0.1, -0.05) is 42.5 Å². The third-order valence-corrected chi connectivity index (χ3v) is 7.17. The fraction of sp³-hybridized carbons (Fsp3) is 0.417. The standard InChI is InChI=1S/C24H26N2O2S/c27-24-25-23(29-16-18-9-5-8-17-7-1-2-11-20(17)18)21-12-3-4-13-22(21)26(24)15-19-10-6-14-28-19/h1-2,5,7-9,11,19H,3-4,6,10,12-16H2/t19-/m0/s1. The quantitative estimate of drug-likeness (QED) is 0.453. The van der Waals surface area contributed by atoms with E-state index in [-0.39, 0.29) is 11.8 Å². The Bertz CT molecular complexity index is 1080. The molecule has 0 amide bonds. The third kappa shape index (κ3) is 3.86. The molecule has 1 aliphatic carbocycles. The van der Waals surface area contributed by atoms with Crippen molar-refractivity contribution in [3.63, 3.8) is 0 Å². The number of hydrogen-bond donors (Lipinski definition) is 0. The molecule has 0 spiro atoms. The molecule has 150 valence electrons. The molecule has 0 N–H and O–H groups in total. The zero-order valence-electron chi connectivity index (χ0n) is 16.6. The van der Waals surface area contributed by atoms with E-state index in [4.69, 9.17) is 4.74 Å². The minimum atomic E-state index is -0.110. The predicted molar refractivity (Wildman–Crippen MR) is 118 cm³/mol. The fourth-order valence-corrected chi connectivity index (χ4v) is 5.69. The lowest BCUT2D eigenvalue weighted by molar-refractivity contribution is 0.0947. The largest absolute Gasteiger partial charge is 0.376 e. The molecule has 0 saturated carbocycles. The van der Waals surface area contributed by atoms with Crippen LogP contribution in [0.4, 0.5) is 0 Å². The number of fused-ring (bicyclic) bond motifs is 2. The van der Waals surface area contributed by atoms with Crippen molar-refractivity contribution in [2.45, 2.75) is 62.0 Å². The maximum Gasteiger partial charge on any atom is 0.348 e. The summed E-state index contributed by atoms with van der Waals surface area (Å²) >= 11 is 1.71. The number of nitrogens with zero attached hydrogens (tertiary/aromatic N) is 2. The molecule has 1 atom stereocenters. The molecule has 0 radical (unpaired) electrons. The summed E-state index contributed by atoms with van der Waals surface area (Å²) in [6, 6.07) is 14.9. The first-order valence-electron chi connectivity index (χ1n) is 10.6. The number of rotatable bonds is 5. The second-order valence-corrected chi connectivity index (χ2v) is 8.97. The number of aromatic nitrogens is 2. The Morgan fingerprint density at radius 2 is 1.93 bits per heavy atom. The normalized spacial score (nSPS) is 18.8. The first-order valence-corrected chi connectivity index (χ1v) is 11.6.